The highest BCUT2D eigenvalue weighted by Crippen LogP contribution is 2.26. The molecule has 0 bridgehead atoms. The van der Waals surface area contributed by atoms with E-state index in [2.05, 4.69) is 31.1 Å². The fourth-order valence-corrected chi connectivity index (χ4v) is 2.41. The highest BCUT2D eigenvalue weighted by molar-refractivity contribution is 5.11. The molecule has 17 heavy (non-hydrogen) atoms. The number of nitrogens with one attached hydrogen (secondary N) is 1. The Bertz CT molecular complexity index is 368. The van der Waals surface area contributed by atoms with Gasteiger partial charge >= 0.3 is 0 Å². The number of hydrogen-bond donors (Lipinski definition) is 1. The van der Waals surface area contributed by atoms with Crippen LogP contribution in [0.2, 0.25) is 0 Å². The molecule has 0 amide bonds. The molecule has 3 nitrogen and oxygen atoms in total. The number of ether oxygens (including phenoxy) is 1. The van der Waals surface area contributed by atoms with E-state index in [1.54, 1.807) is 6.07 Å². The summed E-state index contributed by atoms with van der Waals surface area (Å²) in [4.78, 5) is 4.11. The van der Waals surface area contributed by atoms with Crippen LogP contribution in [-0.2, 0) is 4.74 Å². The van der Waals surface area contributed by atoms with E-state index in [0.29, 0.717) is 6.04 Å². The number of rotatable bonds is 1. The van der Waals surface area contributed by atoms with E-state index in [-0.39, 0.29) is 24.1 Å². The Kier molecular flexibility index (Phi) is 3.74. The van der Waals surface area contributed by atoms with Crippen LogP contribution in [0.1, 0.15) is 39.0 Å². The van der Waals surface area contributed by atoms with Gasteiger partial charge in [0.15, 0.2) is 0 Å². The molecule has 1 aromatic heterocycles. The van der Waals surface area contributed by atoms with Gasteiger partial charge in [-0.25, -0.2) is 4.39 Å². The second-order valence-electron chi connectivity index (χ2n) is 4.86. The zero-order valence-corrected chi connectivity index (χ0v) is 10.5. The van der Waals surface area contributed by atoms with E-state index in [1.807, 2.05) is 0 Å². The zero-order valence-electron chi connectivity index (χ0n) is 10.5. The minimum absolute atomic E-state index is 0.115. The van der Waals surface area contributed by atoms with E-state index in [4.69, 9.17) is 4.74 Å². The minimum atomic E-state index is -0.315. The summed E-state index contributed by atoms with van der Waals surface area (Å²) >= 11 is 0. The zero-order chi connectivity index (χ0) is 12.4. The predicted molar refractivity (Wildman–Crippen MR) is 64.2 cm³/mol. The molecular formula is C13H19FN2O. The van der Waals surface area contributed by atoms with Crippen molar-refractivity contribution < 1.29 is 9.13 Å². The van der Waals surface area contributed by atoms with Crippen LogP contribution < -0.4 is 5.32 Å². The summed E-state index contributed by atoms with van der Waals surface area (Å²) < 4.78 is 18.8. The molecule has 94 valence electrons. The fraction of sp³-hybridized carbons (Fsp3) is 0.615. The molecule has 1 aliphatic heterocycles. The van der Waals surface area contributed by atoms with Crippen LogP contribution in [-0.4, -0.2) is 23.2 Å². The Labute approximate surface area is 101 Å². The van der Waals surface area contributed by atoms with Gasteiger partial charge in [0.1, 0.15) is 11.9 Å². The largest absolute Gasteiger partial charge is 0.367 e. The third-order valence-corrected chi connectivity index (χ3v) is 3.11. The number of pyridine rings is 1. The third-order valence-electron chi connectivity index (χ3n) is 3.11. The van der Waals surface area contributed by atoms with Crippen molar-refractivity contribution >= 4 is 0 Å². The number of halogens is 1. The second kappa shape index (κ2) is 5.10. The quantitative estimate of drug-likeness (QED) is 0.816. The van der Waals surface area contributed by atoms with Gasteiger partial charge in [-0.3, -0.25) is 4.98 Å². The van der Waals surface area contributed by atoms with Crippen molar-refractivity contribution in [1.82, 2.24) is 10.3 Å². The van der Waals surface area contributed by atoms with E-state index in [0.717, 1.165) is 12.1 Å². The summed E-state index contributed by atoms with van der Waals surface area (Å²) in [5, 5.41) is 3.48. The summed E-state index contributed by atoms with van der Waals surface area (Å²) in [6.07, 6.45) is 2.28. The molecule has 4 unspecified atom stereocenters. The summed E-state index contributed by atoms with van der Waals surface area (Å²) in [5.74, 6) is -0.315. The SMILES string of the molecule is CC1CC(C)OC(c2ccc(F)cn2)C(C)N1. The molecule has 4 atom stereocenters. The average molecular weight is 238 g/mol. The Morgan fingerprint density at radius 3 is 2.76 bits per heavy atom. The van der Waals surface area contributed by atoms with Gasteiger partial charge in [-0.1, -0.05) is 0 Å². The Morgan fingerprint density at radius 2 is 2.12 bits per heavy atom. The van der Waals surface area contributed by atoms with E-state index in [9.17, 15) is 4.39 Å². The standard InChI is InChI=1S/C13H19FN2O/c1-8-6-9(2)17-13(10(3)16-8)12-5-4-11(14)7-15-12/h4-5,7-10,13,16H,6H2,1-3H3. The predicted octanol–water partition coefficient (Wildman–Crippen LogP) is 2.44. The topological polar surface area (TPSA) is 34.1 Å². The first-order valence-corrected chi connectivity index (χ1v) is 6.09. The lowest BCUT2D eigenvalue weighted by Gasteiger charge is -2.23. The molecule has 0 aromatic carbocycles. The smallest absolute Gasteiger partial charge is 0.141 e. The summed E-state index contributed by atoms with van der Waals surface area (Å²) in [6, 6.07) is 3.72. The molecule has 0 saturated carbocycles. The molecule has 1 fully saturated rings. The van der Waals surface area contributed by atoms with Crippen LogP contribution >= 0.6 is 0 Å². The van der Waals surface area contributed by atoms with Crippen LogP contribution in [0.5, 0.6) is 0 Å². The third kappa shape index (κ3) is 3.01. The maximum absolute atomic E-state index is 12.9. The van der Waals surface area contributed by atoms with Crippen molar-refractivity contribution in [3.05, 3.63) is 29.8 Å². The molecule has 1 aliphatic rings. The van der Waals surface area contributed by atoms with Crippen LogP contribution in [0.15, 0.2) is 18.3 Å². The molecular weight excluding hydrogens is 219 g/mol. The van der Waals surface area contributed by atoms with Gasteiger partial charge in [-0.05, 0) is 39.3 Å². The van der Waals surface area contributed by atoms with E-state index >= 15 is 0 Å². The maximum atomic E-state index is 12.9. The van der Waals surface area contributed by atoms with E-state index < -0.39 is 0 Å². The number of aromatic nitrogens is 1. The van der Waals surface area contributed by atoms with Crippen molar-refractivity contribution in [2.45, 2.75) is 51.5 Å². The molecule has 0 radical (unpaired) electrons. The van der Waals surface area contributed by atoms with Crippen molar-refractivity contribution in [1.29, 1.82) is 0 Å². The van der Waals surface area contributed by atoms with Gasteiger partial charge in [0, 0.05) is 12.1 Å². The summed E-state index contributed by atoms with van der Waals surface area (Å²) in [5.41, 5.74) is 0.785. The van der Waals surface area contributed by atoms with Crippen LogP contribution in [0.3, 0.4) is 0 Å². The molecule has 1 N–H and O–H groups in total. The molecule has 2 rings (SSSR count). The lowest BCUT2D eigenvalue weighted by molar-refractivity contribution is -0.0102. The van der Waals surface area contributed by atoms with E-state index in [1.165, 1.54) is 12.3 Å². The van der Waals surface area contributed by atoms with Gasteiger partial charge in [-0.2, -0.15) is 0 Å². The monoisotopic (exact) mass is 238 g/mol. The highest BCUT2D eigenvalue weighted by atomic mass is 19.1. The van der Waals surface area contributed by atoms with Crippen molar-refractivity contribution in [2.75, 3.05) is 0 Å². The second-order valence-corrected chi connectivity index (χ2v) is 4.86. The fourth-order valence-electron chi connectivity index (χ4n) is 2.41. The first-order valence-electron chi connectivity index (χ1n) is 6.09. The van der Waals surface area contributed by atoms with Crippen molar-refractivity contribution in [3.63, 3.8) is 0 Å². The van der Waals surface area contributed by atoms with Crippen LogP contribution in [0.25, 0.3) is 0 Å². The molecule has 0 aliphatic carbocycles. The molecule has 1 saturated heterocycles. The first-order chi connectivity index (χ1) is 8.06. The lowest BCUT2D eigenvalue weighted by atomic mass is 10.1. The summed E-state index contributed by atoms with van der Waals surface area (Å²) in [6.45, 7) is 6.29. The maximum Gasteiger partial charge on any atom is 0.141 e. The van der Waals surface area contributed by atoms with Crippen molar-refractivity contribution in [3.8, 4) is 0 Å². The van der Waals surface area contributed by atoms with Gasteiger partial charge in [0.05, 0.1) is 18.0 Å². The van der Waals surface area contributed by atoms with Gasteiger partial charge in [0.2, 0.25) is 0 Å². The Balaban J connectivity index is 2.20. The average Bonchev–Trinajstić information content (AvgIpc) is 2.38. The number of hydrogen-bond acceptors (Lipinski definition) is 3. The molecule has 2 heterocycles. The Morgan fingerprint density at radius 1 is 1.35 bits per heavy atom. The van der Waals surface area contributed by atoms with Crippen LogP contribution in [0, 0.1) is 5.82 Å². The number of nitrogens with zero attached hydrogens (tertiary/aromatic N) is 1. The summed E-state index contributed by atoms with van der Waals surface area (Å²) in [7, 11) is 0. The van der Waals surface area contributed by atoms with Gasteiger partial charge in [0.25, 0.3) is 0 Å². The highest BCUT2D eigenvalue weighted by Gasteiger charge is 2.28. The van der Waals surface area contributed by atoms with Crippen LogP contribution in [0.4, 0.5) is 4.39 Å². The molecule has 4 heteroatoms. The van der Waals surface area contributed by atoms with Gasteiger partial charge < -0.3 is 10.1 Å². The molecule has 0 spiro atoms. The Hall–Kier alpha value is -1.00. The van der Waals surface area contributed by atoms with Gasteiger partial charge in [-0.15, -0.1) is 0 Å². The minimum Gasteiger partial charge on any atom is -0.367 e. The lowest BCUT2D eigenvalue weighted by Crippen LogP contribution is -2.36. The van der Waals surface area contributed by atoms with Crippen molar-refractivity contribution in [2.24, 2.45) is 0 Å². The molecule has 1 aromatic rings. The normalized spacial score (nSPS) is 34.4. The first kappa shape index (κ1) is 12.5.